The van der Waals surface area contributed by atoms with Crippen LogP contribution in [0.5, 0.6) is 0 Å². The number of rotatable bonds is 5. The fourth-order valence-corrected chi connectivity index (χ4v) is 8.15. The van der Waals surface area contributed by atoms with Gasteiger partial charge in [0.2, 0.25) is 0 Å². The Morgan fingerprint density at radius 1 is 0.360 bits per heavy atom. The maximum absolute atomic E-state index is 6.21. The summed E-state index contributed by atoms with van der Waals surface area (Å²) in [7, 11) is 0. The molecule has 0 aliphatic carbocycles. The average molecular weight is 658 g/mol. The number of nitrogens with zero attached hydrogens (tertiary/aromatic N) is 3. The minimum absolute atomic E-state index is 0.609. The van der Waals surface area contributed by atoms with Crippen LogP contribution in [0.25, 0.3) is 98.5 Å². The van der Waals surface area contributed by atoms with Gasteiger partial charge in [0.15, 0.2) is 17.5 Å². The van der Waals surface area contributed by atoms with Crippen LogP contribution in [0.15, 0.2) is 168 Å². The van der Waals surface area contributed by atoms with E-state index in [1.807, 2.05) is 72.0 Å². The summed E-state index contributed by atoms with van der Waals surface area (Å²) >= 11 is 1.85. The third-order valence-electron chi connectivity index (χ3n) is 9.35. The molecule has 4 nitrogen and oxygen atoms in total. The molecule has 234 valence electrons. The molecule has 0 radical (unpaired) electrons. The van der Waals surface area contributed by atoms with E-state index in [0.29, 0.717) is 17.5 Å². The van der Waals surface area contributed by atoms with Crippen molar-refractivity contribution < 1.29 is 4.42 Å². The van der Waals surface area contributed by atoms with Gasteiger partial charge in [-0.1, -0.05) is 133 Å². The number of furan rings is 1. The Bertz CT molecular complexity index is 2860. The van der Waals surface area contributed by atoms with Crippen molar-refractivity contribution in [1.82, 2.24) is 15.0 Å². The molecule has 0 N–H and O–H groups in total. The number of benzene rings is 7. The van der Waals surface area contributed by atoms with Crippen LogP contribution in [0, 0.1) is 0 Å². The summed E-state index contributed by atoms with van der Waals surface area (Å²) in [5.74, 6) is 1.86. The second-order valence-corrected chi connectivity index (χ2v) is 13.5. The zero-order chi connectivity index (χ0) is 33.0. The first-order chi connectivity index (χ1) is 24.8. The summed E-state index contributed by atoms with van der Waals surface area (Å²) < 4.78 is 8.79. The molecule has 0 saturated carbocycles. The molecule has 10 aromatic rings. The Labute approximate surface area is 292 Å². The predicted molar refractivity (Wildman–Crippen MR) is 207 cm³/mol. The van der Waals surface area contributed by atoms with Crippen molar-refractivity contribution in [3.8, 4) is 56.4 Å². The van der Waals surface area contributed by atoms with Gasteiger partial charge in [-0.15, -0.1) is 11.3 Å². The van der Waals surface area contributed by atoms with Gasteiger partial charge in [0, 0.05) is 47.6 Å². The molecule has 50 heavy (non-hydrogen) atoms. The van der Waals surface area contributed by atoms with Crippen molar-refractivity contribution in [2.75, 3.05) is 0 Å². The van der Waals surface area contributed by atoms with Gasteiger partial charge in [0.25, 0.3) is 0 Å². The highest BCUT2D eigenvalue weighted by Gasteiger charge is 2.18. The highest BCUT2D eigenvalue weighted by atomic mass is 32.1. The molecule has 3 aromatic heterocycles. The van der Waals surface area contributed by atoms with Gasteiger partial charge in [0.05, 0.1) is 0 Å². The summed E-state index contributed by atoms with van der Waals surface area (Å²) in [6, 6.07) is 56.9. The second kappa shape index (κ2) is 11.6. The maximum Gasteiger partial charge on any atom is 0.164 e. The Kier molecular flexibility index (Phi) is 6.64. The van der Waals surface area contributed by atoms with Gasteiger partial charge in [-0.05, 0) is 52.6 Å². The summed E-state index contributed by atoms with van der Waals surface area (Å²) in [5.41, 5.74) is 9.19. The SMILES string of the molecule is c1ccc(-c2nc(-c3ccc(-c4cc(-c5ccccc5)c5c(c4)sc4ccccc45)cc3)nc(-c3cccc4oc5ccccc5c34)n2)cc1. The van der Waals surface area contributed by atoms with Crippen LogP contribution in [0.2, 0.25) is 0 Å². The quantitative estimate of drug-likeness (QED) is 0.185. The van der Waals surface area contributed by atoms with E-state index in [4.69, 9.17) is 19.4 Å². The van der Waals surface area contributed by atoms with Crippen molar-refractivity contribution in [3.63, 3.8) is 0 Å². The molecule has 0 unspecified atom stereocenters. The van der Waals surface area contributed by atoms with E-state index in [1.54, 1.807) is 0 Å². The summed E-state index contributed by atoms with van der Waals surface area (Å²) in [4.78, 5) is 15.1. The van der Waals surface area contributed by atoms with E-state index >= 15 is 0 Å². The van der Waals surface area contributed by atoms with Crippen LogP contribution in [0.3, 0.4) is 0 Å². The number of thiophene rings is 1. The van der Waals surface area contributed by atoms with Crippen molar-refractivity contribution in [2.24, 2.45) is 0 Å². The number of hydrogen-bond acceptors (Lipinski definition) is 5. The molecule has 0 fully saturated rings. The van der Waals surface area contributed by atoms with Crippen molar-refractivity contribution >= 4 is 53.4 Å². The van der Waals surface area contributed by atoms with Crippen molar-refractivity contribution in [2.45, 2.75) is 0 Å². The number of para-hydroxylation sites is 1. The van der Waals surface area contributed by atoms with E-state index in [2.05, 4.69) is 103 Å². The Balaban J connectivity index is 1.12. The Morgan fingerprint density at radius 2 is 0.960 bits per heavy atom. The highest BCUT2D eigenvalue weighted by molar-refractivity contribution is 7.26. The minimum Gasteiger partial charge on any atom is -0.456 e. The van der Waals surface area contributed by atoms with Crippen LogP contribution in [0.1, 0.15) is 0 Å². The maximum atomic E-state index is 6.21. The third kappa shape index (κ3) is 4.79. The average Bonchev–Trinajstić information content (AvgIpc) is 3.77. The minimum atomic E-state index is 0.609. The van der Waals surface area contributed by atoms with Crippen LogP contribution in [-0.4, -0.2) is 15.0 Å². The normalized spacial score (nSPS) is 11.6. The number of aromatic nitrogens is 3. The first-order valence-electron chi connectivity index (χ1n) is 16.6. The van der Waals surface area contributed by atoms with Crippen molar-refractivity contribution in [3.05, 3.63) is 164 Å². The van der Waals surface area contributed by atoms with Crippen LogP contribution in [-0.2, 0) is 0 Å². The standard InChI is InChI=1S/C45H27N3OS/c1-3-12-29(13-4-1)36-26-32(27-40-42(36)34-17-8-10-21-39(34)50-40)28-22-24-31(25-23-28)44-46-43(30-14-5-2-6-15-30)47-45(48-44)35-18-11-20-38-41(35)33-16-7-9-19-37(33)49-38/h1-27H. The molecule has 0 bridgehead atoms. The fourth-order valence-electron chi connectivity index (χ4n) is 6.98. The fraction of sp³-hybridized carbons (Fsp3) is 0. The number of hydrogen-bond donors (Lipinski definition) is 0. The molecule has 10 rings (SSSR count). The molecule has 0 spiro atoms. The van der Waals surface area contributed by atoms with E-state index in [-0.39, 0.29) is 0 Å². The molecular weight excluding hydrogens is 631 g/mol. The third-order valence-corrected chi connectivity index (χ3v) is 10.5. The molecule has 0 aliphatic rings. The lowest BCUT2D eigenvalue weighted by Gasteiger charge is -2.11. The van der Waals surface area contributed by atoms with E-state index in [9.17, 15) is 0 Å². The monoisotopic (exact) mass is 657 g/mol. The Hall–Kier alpha value is -6.43. The second-order valence-electron chi connectivity index (χ2n) is 12.4. The van der Waals surface area contributed by atoms with Gasteiger partial charge < -0.3 is 4.42 Å². The molecular formula is C45H27N3OS. The van der Waals surface area contributed by atoms with Gasteiger partial charge in [0.1, 0.15) is 11.2 Å². The van der Waals surface area contributed by atoms with Crippen LogP contribution < -0.4 is 0 Å². The topological polar surface area (TPSA) is 51.8 Å². The molecule has 0 atom stereocenters. The molecule has 5 heteroatoms. The van der Waals surface area contributed by atoms with E-state index in [0.717, 1.165) is 44.2 Å². The zero-order valence-corrected chi connectivity index (χ0v) is 27.6. The van der Waals surface area contributed by atoms with Gasteiger partial charge in [-0.3, -0.25) is 0 Å². The van der Waals surface area contributed by atoms with E-state index in [1.165, 1.54) is 36.9 Å². The first-order valence-corrected chi connectivity index (χ1v) is 17.4. The lowest BCUT2D eigenvalue weighted by atomic mass is 9.94. The molecule has 0 saturated heterocycles. The number of fused-ring (bicyclic) bond motifs is 6. The summed E-state index contributed by atoms with van der Waals surface area (Å²) in [6.45, 7) is 0. The van der Waals surface area contributed by atoms with Gasteiger partial charge in [-0.2, -0.15) is 0 Å². The highest BCUT2D eigenvalue weighted by Crippen LogP contribution is 2.43. The Morgan fingerprint density at radius 3 is 1.74 bits per heavy atom. The van der Waals surface area contributed by atoms with Crippen LogP contribution >= 0.6 is 11.3 Å². The van der Waals surface area contributed by atoms with Gasteiger partial charge in [-0.25, -0.2) is 15.0 Å². The smallest absolute Gasteiger partial charge is 0.164 e. The molecule has 3 heterocycles. The van der Waals surface area contributed by atoms with Crippen molar-refractivity contribution in [1.29, 1.82) is 0 Å². The lowest BCUT2D eigenvalue weighted by Crippen LogP contribution is -2.00. The molecule has 7 aromatic carbocycles. The summed E-state index contributed by atoms with van der Waals surface area (Å²) in [6.07, 6.45) is 0. The van der Waals surface area contributed by atoms with Gasteiger partial charge >= 0.3 is 0 Å². The molecule has 0 amide bonds. The zero-order valence-electron chi connectivity index (χ0n) is 26.7. The lowest BCUT2D eigenvalue weighted by molar-refractivity contribution is 0.669. The first kappa shape index (κ1) is 28.6. The summed E-state index contributed by atoms with van der Waals surface area (Å²) in [5, 5.41) is 4.65. The predicted octanol–water partition coefficient (Wildman–Crippen LogP) is 12.5. The molecule has 0 aliphatic heterocycles. The van der Waals surface area contributed by atoms with Crippen LogP contribution in [0.4, 0.5) is 0 Å². The van der Waals surface area contributed by atoms with E-state index < -0.39 is 0 Å². The largest absolute Gasteiger partial charge is 0.456 e.